The highest BCUT2D eigenvalue weighted by atomic mass is 32.1. The molecule has 1 aliphatic rings. The van der Waals surface area contributed by atoms with Gasteiger partial charge in [0, 0.05) is 5.56 Å². The Morgan fingerprint density at radius 3 is 2.48 bits per heavy atom. The molecule has 0 bridgehead atoms. The number of para-hydroxylation sites is 1. The first-order chi connectivity index (χ1) is 14.0. The average molecular weight is 402 g/mol. The number of nitrogens with one attached hydrogen (secondary N) is 1. The van der Waals surface area contributed by atoms with Crippen molar-refractivity contribution in [3.63, 3.8) is 0 Å². The Labute approximate surface area is 173 Å². The molecule has 1 saturated heterocycles. The number of rotatable bonds is 3. The van der Waals surface area contributed by atoms with E-state index in [1.807, 2.05) is 61.5 Å². The third kappa shape index (κ3) is 3.28. The van der Waals surface area contributed by atoms with Gasteiger partial charge in [-0.2, -0.15) is 0 Å². The van der Waals surface area contributed by atoms with Gasteiger partial charge in [-0.15, -0.1) is 0 Å². The predicted octanol–water partition coefficient (Wildman–Crippen LogP) is 3.99. The van der Waals surface area contributed by atoms with E-state index >= 15 is 0 Å². The molecule has 3 aromatic rings. The fraction of sp³-hybridized carbons (Fsp3) is 0.0870. The first-order valence-corrected chi connectivity index (χ1v) is 9.45. The average Bonchev–Trinajstić information content (AvgIpc) is 2.72. The number of carbonyl (C=O) groups excluding carboxylic acids is 2. The Morgan fingerprint density at radius 1 is 1.00 bits per heavy atom. The van der Waals surface area contributed by atoms with Crippen LogP contribution in [-0.4, -0.2) is 24.0 Å². The van der Waals surface area contributed by atoms with E-state index in [1.165, 1.54) is 4.90 Å². The van der Waals surface area contributed by atoms with Crippen molar-refractivity contribution in [2.75, 3.05) is 12.0 Å². The van der Waals surface area contributed by atoms with Crippen molar-refractivity contribution in [3.05, 3.63) is 77.4 Å². The summed E-state index contributed by atoms with van der Waals surface area (Å²) in [6.07, 6.45) is 1.58. The van der Waals surface area contributed by atoms with Crippen molar-refractivity contribution < 1.29 is 14.3 Å². The van der Waals surface area contributed by atoms with Crippen molar-refractivity contribution in [1.82, 2.24) is 5.32 Å². The maximum absolute atomic E-state index is 13.3. The molecule has 1 aliphatic heterocycles. The number of thiocarbonyl (C=S) groups is 1. The standard InChI is InChI=1S/C23H18N2O3S/c1-14-7-3-6-10-19(14)25-22(27)18(21(26)24-23(25)29)13-17-16-9-5-4-8-15(16)11-12-20(17)28-2/h3-13H,1-2H3,(H,24,26,29)/b18-13-. The quantitative estimate of drug-likeness (QED) is 0.409. The molecule has 2 amide bonds. The fourth-order valence-electron chi connectivity index (χ4n) is 3.44. The highest BCUT2D eigenvalue weighted by Crippen LogP contribution is 2.32. The van der Waals surface area contributed by atoms with Crippen LogP contribution in [0.5, 0.6) is 5.75 Å². The van der Waals surface area contributed by atoms with Gasteiger partial charge in [-0.3, -0.25) is 19.8 Å². The van der Waals surface area contributed by atoms with E-state index in [9.17, 15) is 9.59 Å². The highest BCUT2D eigenvalue weighted by Gasteiger charge is 2.35. The minimum absolute atomic E-state index is 0.00324. The molecule has 5 nitrogen and oxygen atoms in total. The maximum atomic E-state index is 13.3. The molecule has 0 radical (unpaired) electrons. The van der Waals surface area contributed by atoms with Crippen LogP contribution in [0.3, 0.4) is 0 Å². The Hall–Kier alpha value is -3.51. The molecular formula is C23H18N2O3S. The third-order valence-corrected chi connectivity index (χ3v) is 5.18. The van der Waals surface area contributed by atoms with Crippen LogP contribution in [0.2, 0.25) is 0 Å². The van der Waals surface area contributed by atoms with Crippen LogP contribution < -0.4 is 15.0 Å². The van der Waals surface area contributed by atoms with Crippen molar-refractivity contribution in [2.45, 2.75) is 6.92 Å². The van der Waals surface area contributed by atoms with Crippen LogP contribution >= 0.6 is 12.2 Å². The fourth-order valence-corrected chi connectivity index (χ4v) is 3.71. The van der Waals surface area contributed by atoms with Gasteiger partial charge >= 0.3 is 0 Å². The number of amides is 2. The van der Waals surface area contributed by atoms with E-state index in [0.717, 1.165) is 16.3 Å². The molecule has 0 spiro atoms. The normalized spacial score (nSPS) is 15.7. The molecule has 0 aliphatic carbocycles. The summed E-state index contributed by atoms with van der Waals surface area (Å²) in [6, 6.07) is 18.9. The molecule has 6 heteroatoms. The summed E-state index contributed by atoms with van der Waals surface area (Å²) < 4.78 is 5.49. The van der Waals surface area contributed by atoms with Crippen molar-refractivity contribution in [2.24, 2.45) is 0 Å². The van der Waals surface area contributed by atoms with Crippen LogP contribution in [0.1, 0.15) is 11.1 Å². The Kier molecular flexibility index (Phi) is 4.86. The molecular weight excluding hydrogens is 384 g/mol. The minimum Gasteiger partial charge on any atom is -0.496 e. The van der Waals surface area contributed by atoms with Gasteiger partial charge in [0.05, 0.1) is 12.8 Å². The molecule has 29 heavy (non-hydrogen) atoms. The molecule has 1 fully saturated rings. The lowest BCUT2D eigenvalue weighted by atomic mass is 9.99. The molecule has 0 saturated carbocycles. The number of hydrogen-bond donors (Lipinski definition) is 1. The van der Waals surface area contributed by atoms with Gasteiger partial charge in [0.1, 0.15) is 11.3 Å². The highest BCUT2D eigenvalue weighted by molar-refractivity contribution is 7.80. The summed E-state index contributed by atoms with van der Waals surface area (Å²) in [6.45, 7) is 1.89. The number of hydrogen-bond acceptors (Lipinski definition) is 4. The number of ether oxygens (including phenoxy) is 1. The summed E-state index contributed by atoms with van der Waals surface area (Å²) >= 11 is 5.29. The molecule has 3 aromatic carbocycles. The van der Waals surface area contributed by atoms with Gasteiger partial charge in [0.2, 0.25) is 0 Å². The smallest absolute Gasteiger partial charge is 0.270 e. The third-order valence-electron chi connectivity index (χ3n) is 4.90. The second-order valence-corrected chi connectivity index (χ2v) is 7.03. The van der Waals surface area contributed by atoms with Crippen molar-refractivity contribution in [1.29, 1.82) is 0 Å². The van der Waals surface area contributed by atoms with E-state index in [2.05, 4.69) is 5.32 Å². The van der Waals surface area contributed by atoms with Crippen LogP contribution in [0, 0.1) is 6.92 Å². The van der Waals surface area contributed by atoms with Gasteiger partial charge in [-0.25, -0.2) is 0 Å². The second kappa shape index (κ2) is 7.48. The molecule has 1 heterocycles. The zero-order valence-electron chi connectivity index (χ0n) is 15.9. The lowest BCUT2D eigenvalue weighted by Gasteiger charge is -2.30. The lowest BCUT2D eigenvalue weighted by molar-refractivity contribution is -0.122. The Bertz CT molecular complexity index is 1200. The van der Waals surface area contributed by atoms with E-state index < -0.39 is 11.8 Å². The van der Waals surface area contributed by atoms with Gasteiger partial charge in [-0.05, 0) is 53.7 Å². The molecule has 0 aromatic heterocycles. The largest absolute Gasteiger partial charge is 0.496 e. The van der Waals surface area contributed by atoms with Crippen LogP contribution in [0.25, 0.3) is 16.8 Å². The molecule has 144 valence electrons. The Balaban J connectivity index is 1.89. The second-order valence-electron chi connectivity index (χ2n) is 6.65. The van der Waals surface area contributed by atoms with Gasteiger partial charge in [0.15, 0.2) is 5.11 Å². The lowest BCUT2D eigenvalue weighted by Crippen LogP contribution is -2.54. The topological polar surface area (TPSA) is 58.6 Å². The predicted molar refractivity (Wildman–Crippen MR) is 118 cm³/mol. The molecule has 0 atom stereocenters. The van der Waals surface area contributed by atoms with Crippen LogP contribution in [0.4, 0.5) is 5.69 Å². The summed E-state index contributed by atoms with van der Waals surface area (Å²) in [4.78, 5) is 27.3. The van der Waals surface area contributed by atoms with Crippen molar-refractivity contribution >= 4 is 51.7 Å². The number of anilines is 1. The van der Waals surface area contributed by atoms with E-state index in [0.29, 0.717) is 17.0 Å². The number of nitrogens with zero attached hydrogens (tertiary/aromatic N) is 1. The molecule has 0 unspecified atom stereocenters. The number of benzene rings is 3. The molecule has 1 N–H and O–H groups in total. The van der Waals surface area contributed by atoms with Gasteiger partial charge in [0.25, 0.3) is 11.8 Å². The van der Waals surface area contributed by atoms with E-state index in [4.69, 9.17) is 17.0 Å². The maximum Gasteiger partial charge on any atom is 0.270 e. The molecule has 4 rings (SSSR count). The minimum atomic E-state index is -0.528. The van der Waals surface area contributed by atoms with E-state index in [-0.39, 0.29) is 10.7 Å². The zero-order valence-corrected chi connectivity index (χ0v) is 16.7. The first-order valence-electron chi connectivity index (χ1n) is 9.04. The van der Waals surface area contributed by atoms with Crippen LogP contribution in [-0.2, 0) is 9.59 Å². The van der Waals surface area contributed by atoms with Crippen LogP contribution in [0.15, 0.2) is 66.2 Å². The zero-order chi connectivity index (χ0) is 20.5. The Morgan fingerprint density at radius 2 is 1.72 bits per heavy atom. The summed E-state index contributed by atoms with van der Waals surface area (Å²) in [5.41, 5.74) is 2.18. The monoisotopic (exact) mass is 402 g/mol. The van der Waals surface area contributed by atoms with Crippen molar-refractivity contribution in [3.8, 4) is 5.75 Å². The summed E-state index contributed by atoms with van der Waals surface area (Å²) in [5.74, 6) is -0.421. The number of carbonyl (C=O) groups is 2. The van der Waals surface area contributed by atoms with E-state index in [1.54, 1.807) is 19.3 Å². The number of fused-ring (bicyclic) bond motifs is 1. The van der Waals surface area contributed by atoms with Gasteiger partial charge in [-0.1, -0.05) is 48.5 Å². The van der Waals surface area contributed by atoms with Gasteiger partial charge < -0.3 is 4.74 Å². The number of methoxy groups -OCH3 is 1. The first kappa shape index (κ1) is 18.8. The number of aryl methyl sites for hydroxylation is 1. The SMILES string of the molecule is COc1ccc2ccccc2c1/C=C1/C(=O)NC(=S)N(c2ccccc2C)C1=O. The summed E-state index contributed by atoms with van der Waals surface area (Å²) in [5, 5.41) is 4.56. The summed E-state index contributed by atoms with van der Waals surface area (Å²) in [7, 11) is 1.56.